The van der Waals surface area contributed by atoms with Gasteiger partial charge in [0.2, 0.25) is 10.0 Å². The number of rotatable bonds is 13. The van der Waals surface area contributed by atoms with E-state index < -0.39 is 43.9 Å². The highest BCUT2D eigenvalue weighted by molar-refractivity contribution is 7.91. The van der Waals surface area contributed by atoms with Crippen molar-refractivity contribution in [1.82, 2.24) is 4.72 Å². The molecule has 0 radical (unpaired) electrons. The van der Waals surface area contributed by atoms with E-state index in [1.165, 1.54) is 0 Å². The Kier molecular flexibility index (Phi) is 10.3. The summed E-state index contributed by atoms with van der Waals surface area (Å²) >= 11 is 0. The minimum absolute atomic E-state index is 0.0367. The Morgan fingerprint density at radius 1 is 0.923 bits per heavy atom. The molecule has 0 aromatic heterocycles. The zero-order chi connectivity index (χ0) is 20.4. The smallest absolute Gasteiger partial charge is 0.344 e. The normalized spacial score (nSPS) is 12.6. The molecule has 9 nitrogen and oxygen atoms in total. The van der Waals surface area contributed by atoms with Crippen molar-refractivity contribution in [2.24, 2.45) is 0 Å². The highest BCUT2D eigenvalue weighted by Crippen LogP contribution is 2.22. The lowest BCUT2D eigenvalue weighted by Crippen LogP contribution is -2.50. The molecule has 0 saturated carbocycles. The van der Waals surface area contributed by atoms with Gasteiger partial charge in [-0.25, -0.2) is 26.4 Å². The summed E-state index contributed by atoms with van der Waals surface area (Å²) in [7, 11) is -7.04. The molecule has 154 valence electrons. The molecule has 0 atom stereocenters. The zero-order valence-corrected chi connectivity index (χ0v) is 17.4. The van der Waals surface area contributed by atoms with Gasteiger partial charge in [-0.15, -0.1) is 0 Å². The van der Waals surface area contributed by atoms with Crippen molar-refractivity contribution in [3.8, 4) is 0 Å². The number of nitrogens with one attached hydrogen (secondary N) is 1. The largest absolute Gasteiger partial charge is 0.463 e. The summed E-state index contributed by atoms with van der Waals surface area (Å²) < 4.78 is 58.7. The molecule has 0 aliphatic carbocycles. The summed E-state index contributed by atoms with van der Waals surface area (Å²) in [6.45, 7) is 4.70. The molecule has 26 heavy (non-hydrogen) atoms. The third kappa shape index (κ3) is 10.7. The Morgan fingerprint density at radius 2 is 1.50 bits per heavy atom. The fourth-order valence-electron chi connectivity index (χ4n) is 2.24. The van der Waals surface area contributed by atoms with Gasteiger partial charge in [-0.3, -0.25) is 4.79 Å². The van der Waals surface area contributed by atoms with Crippen molar-refractivity contribution in [2.45, 2.75) is 52.0 Å². The van der Waals surface area contributed by atoms with E-state index in [2.05, 4.69) is 9.46 Å². The molecule has 0 aliphatic heterocycles. The number of hydrogen-bond donors (Lipinski definition) is 1. The SMILES string of the molecule is CCOC(=O)COC(=O)CC(CC)(CC)NS(=O)(=O)CCCS(C)(=O)=O. The van der Waals surface area contributed by atoms with Crippen LogP contribution in [-0.2, 0) is 38.9 Å². The molecule has 1 N–H and O–H groups in total. The minimum Gasteiger partial charge on any atom is -0.463 e. The van der Waals surface area contributed by atoms with E-state index in [0.29, 0.717) is 12.8 Å². The van der Waals surface area contributed by atoms with Crippen molar-refractivity contribution in [1.29, 1.82) is 0 Å². The third-order valence-corrected chi connectivity index (χ3v) is 6.39. The fourth-order valence-corrected chi connectivity index (χ4v) is 4.74. The van der Waals surface area contributed by atoms with E-state index in [0.717, 1.165) is 6.26 Å². The number of sulfone groups is 1. The maximum Gasteiger partial charge on any atom is 0.344 e. The summed E-state index contributed by atoms with van der Waals surface area (Å²) in [6, 6.07) is 0. The molecule has 0 saturated heterocycles. The Bertz CT molecular complexity index is 666. The zero-order valence-electron chi connectivity index (χ0n) is 15.7. The highest BCUT2D eigenvalue weighted by Gasteiger charge is 2.34. The van der Waals surface area contributed by atoms with Crippen LogP contribution in [0.5, 0.6) is 0 Å². The van der Waals surface area contributed by atoms with E-state index >= 15 is 0 Å². The van der Waals surface area contributed by atoms with Crippen molar-refractivity contribution in [3.05, 3.63) is 0 Å². The molecule has 0 unspecified atom stereocenters. The topological polar surface area (TPSA) is 133 Å². The third-order valence-electron chi connectivity index (χ3n) is 3.79. The van der Waals surface area contributed by atoms with Crippen LogP contribution in [-0.4, -0.2) is 65.3 Å². The fraction of sp³-hybridized carbons (Fsp3) is 0.867. The molecule has 0 rings (SSSR count). The number of hydrogen-bond acceptors (Lipinski definition) is 8. The molecule has 0 fully saturated rings. The average Bonchev–Trinajstić information content (AvgIpc) is 2.50. The Hall–Kier alpha value is -1.20. The molecule has 0 aromatic rings. The van der Waals surface area contributed by atoms with E-state index in [1.807, 2.05) is 0 Å². The molecule has 0 aliphatic rings. The van der Waals surface area contributed by atoms with Crippen LogP contribution >= 0.6 is 0 Å². The van der Waals surface area contributed by atoms with E-state index in [-0.39, 0.29) is 31.0 Å². The predicted octanol–water partition coefficient (Wildman–Crippen LogP) is 0.396. The lowest BCUT2D eigenvalue weighted by atomic mass is 9.90. The van der Waals surface area contributed by atoms with Crippen LogP contribution in [0.15, 0.2) is 0 Å². The van der Waals surface area contributed by atoms with Crippen LogP contribution in [0.4, 0.5) is 0 Å². The van der Waals surface area contributed by atoms with Crippen LogP contribution in [0.25, 0.3) is 0 Å². The quantitative estimate of drug-likeness (QED) is 0.427. The van der Waals surface area contributed by atoms with Crippen LogP contribution in [0, 0.1) is 0 Å². The monoisotopic (exact) mass is 415 g/mol. The molecule has 0 bridgehead atoms. The predicted molar refractivity (Wildman–Crippen MR) is 96.8 cm³/mol. The second-order valence-electron chi connectivity index (χ2n) is 6.03. The van der Waals surface area contributed by atoms with Gasteiger partial charge in [0.05, 0.1) is 24.5 Å². The van der Waals surface area contributed by atoms with Crippen molar-refractivity contribution in [2.75, 3.05) is 31.0 Å². The number of carbonyl (C=O) groups excluding carboxylic acids is 2. The number of ether oxygens (including phenoxy) is 2. The van der Waals surface area contributed by atoms with Crippen molar-refractivity contribution >= 4 is 31.8 Å². The molecule has 0 aromatic carbocycles. The van der Waals surface area contributed by atoms with Gasteiger partial charge in [0, 0.05) is 11.8 Å². The van der Waals surface area contributed by atoms with Gasteiger partial charge in [-0.2, -0.15) is 0 Å². The summed E-state index contributed by atoms with van der Waals surface area (Å²) in [6.07, 6.45) is 1.40. The minimum atomic E-state index is -3.79. The Morgan fingerprint density at radius 3 is 1.96 bits per heavy atom. The summed E-state index contributed by atoms with van der Waals surface area (Å²) in [4.78, 5) is 23.2. The summed E-state index contributed by atoms with van der Waals surface area (Å²) in [5.74, 6) is -2.00. The number of carbonyl (C=O) groups is 2. The van der Waals surface area contributed by atoms with Crippen LogP contribution in [0.1, 0.15) is 46.5 Å². The second kappa shape index (κ2) is 10.8. The second-order valence-corrected chi connectivity index (χ2v) is 10.1. The maximum atomic E-state index is 12.3. The first-order chi connectivity index (χ1) is 11.9. The molecular weight excluding hydrogens is 386 g/mol. The molecule has 0 spiro atoms. The van der Waals surface area contributed by atoms with Gasteiger partial charge >= 0.3 is 11.9 Å². The first-order valence-electron chi connectivity index (χ1n) is 8.39. The summed E-state index contributed by atoms with van der Waals surface area (Å²) in [5.41, 5.74) is -1.06. The van der Waals surface area contributed by atoms with Gasteiger partial charge in [0.15, 0.2) is 6.61 Å². The van der Waals surface area contributed by atoms with E-state index in [1.54, 1.807) is 20.8 Å². The van der Waals surface area contributed by atoms with Gasteiger partial charge in [-0.1, -0.05) is 13.8 Å². The molecule has 11 heteroatoms. The first-order valence-corrected chi connectivity index (χ1v) is 12.1. The van der Waals surface area contributed by atoms with Crippen LogP contribution < -0.4 is 4.72 Å². The Balaban J connectivity index is 4.85. The van der Waals surface area contributed by atoms with Crippen LogP contribution in [0.3, 0.4) is 0 Å². The molecular formula is C15H29NO8S2. The first kappa shape index (κ1) is 24.8. The van der Waals surface area contributed by atoms with Crippen molar-refractivity contribution < 1.29 is 35.9 Å². The number of sulfonamides is 1. The lowest BCUT2D eigenvalue weighted by Gasteiger charge is -2.31. The highest BCUT2D eigenvalue weighted by atomic mass is 32.2. The standard InChI is InChI=1S/C15H29NO8S2/c1-5-15(6-2,11-13(17)24-12-14(18)23-7-3)16-26(21,22)10-8-9-25(4,19)20/h16H,5-12H2,1-4H3. The van der Waals surface area contributed by atoms with E-state index in [9.17, 15) is 26.4 Å². The Labute approximate surface area is 155 Å². The van der Waals surface area contributed by atoms with Gasteiger partial charge in [-0.05, 0) is 26.2 Å². The van der Waals surface area contributed by atoms with E-state index in [4.69, 9.17) is 4.74 Å². The van der Waals surface area contributed by atoms with Crippen molar-refractivity contribution in [3.63, 3.8) is 0 Å². The lowest BCUT2D eigenvalue weighted by molar-refractivity contribution is -0.159. The van der Waals surface area contributed by atoms with Gasteiger partial charge < -0.3 is 9.47 Å². The summed E-state index contributed by atoms with van der Waals surface area (Å²) in [5, 5.41) is 0. The maximum absolute atomic E-state index is 12.3. The van der Waals surface area contributed by atoms with Gasteiger partial charge in [0.1, 0.15) is 9.84 Å². The molecule has 0 heterocycles. The van der Waals surface area contributed by atoms with Crippen LogP contribution in [0.2, 0.25) is 0 Å². The number of esters is 2. The molecule has 0 amide bonds. The van der Waals surface area contributed by atoms with Gasteiger partial charge in [0.25, 0.3) is 0 Å². The average molecular weight is 416 g/mol.